The second kappa shape index (κ2) is 9.50. The molecule has 6 heteroatoms. The van der Waals surface area contributed by atoms with Crippen LogP contribution < -0.4 is 5.32 Å². The molecule has 0 aliphatic heterocycles. The first kappa shape index (κ1) is 19.4. The molecule has 3 rings (SSSR count). The van der Waals surface area contributed by atoms with E-state index >= 15 is 0 Å². The van der Waals surface area contributed by atoms with Gasteiger partial charge in [-0.2, -0.15) is 0 Å². The molecule has 6 nitrogen and oxygen atoms in total. The van der Waals surface area contributed by atoms with Crippen LogP contribution in [0.1, 0.15) is 33.7 Å². The zero-order valence-corrected chi connectivity index (χ0v) is 15.8. The number of rotatable bonds is 8. The van der Waals surface area contributed by atoms with Gasteiger partial charge in [0.2, 0.25) is 5.91 Å². The molecule has 2 heterocycles. The first-order valence-electron chi connectivity index (χ1n) is 9.16. The number of aromatic nitrogens is 1. The molecule has 2 amide bonds. The molecule has 0 atom stereocenters. The fraction of sp³-hybridized carbons (Fsp3) is 0.227. The van der Waals surface area contributed by atoms with E-state index in [1.807, 2.05) is 42.5 Å². The maximum absolute atomic E-state index is 13.0. The smallest absolute Gasteiger partial charge is 0.257 e. The van der Waals surface area contributed by atoms with Crippen molar-refractivity contribution in [3.8, 4) is 0 Å². The van der Waals surface area contributed by atoms with Crippen LogP contribution in [-0.2, 0) is 17.9 Å². The van der Waals surface area contributed by atoms with Crippen molar-refractivity contribution in [2.24, 2.45) is 0 Å². The number of hydrogen-bond donors (Lipinski definition) is 1. The van der Waals surface area contributed by atoms with Crippen molar-refractivity contribution in [1.29, 1.82) is 0 Å². The highest BCUT2D eigenvalue weighted by molar-refractivity contribution is 5.95. The van der Waals surface area contributed by atoms with Gasteiger partial charge in [0.1, 0.15) is 5.76 Å². The lowest BCUT2D eigenvalue weighted by atomic mass is 10.1. The summed E-state index contributed by atoms with van der Waals surface area (Å²) in [6.07, 6.45) is 5.11. The molecule has 0 aliphatic carbocycles. The standard InChI is InChI=1S/C22H23N3O3/c1-17-20(10-14-28-17)22(27)25(16-19-5-3-2-4-6-19)13-9-21(26)24-15-18-7-11-23-12-8-18/h2-8,10-12,14H,9,13,15-16H2,1H3,(H,24,26). The number of nitrogens with one attached hydrogen (secondary N) is 1. The van der Waals surface area contributed by atoms with Crippen LogP contribution >= 0.6 is 0 Å². The number of pyridine rings is 1. The Morgan fingerprint density at radius 3 is 2.46 bits per heavy atom. The zero-order valence-electron chi connectivity index (χ0n) is 15.8. The first-order chi connectivity index (χ1) is 13.6. The topological polar surface area (TPSA) is 75.4 Å². The van der Waals surface area contributed by atoms with Gasteiger partial charge in [-0.05, 0) is 36.2 Å². The lowest BCUT2D eigenvalue weighted by Crippen LogP contribution is -2.35. The Bertz CT molecular complexity index is 907. The summed E-state index contributed by atoms with van der Waals surface area (Å²) in [5, 5.41) is 2.88. The summed E-state index contributed by atoms with van der Waals surface area (Å²) in [6.45, 7) is 2.95. The Morgan fingerprint density at radius 1 is 1.04 bits per heavy atom. The molecule has 0 unspecified atom stereocenters. The maximum atomic E-state index is 13.0. The molecular formula is C22H23N3O3. The quantitative estimate of drug-likeness (QED) is 0.653. The molecule has 3 aromatic rings. The Morgan fingerprint density at radius 2 is 1.79 bits per heavy atom. The monoisotopic (exact) mass is 377 g/mol. The molecule has 28 heavy (non-hydrogen) atoms. The normalized spacial score (nSPS) is 10.5. The number of carbonyl (C=O) groups excluding carboxylic acids is 2. The Hall–Kier alpha value is -3.41. The second-order valence-corrected chi connectivity index (χ2v) is 6.48. The highest BCUT2D eigenvalue weighted by atomic mass is 16.3. The maximum Gasteiger partial charge on any atom is 0.257 e. The number of amides is 2. The lowest BCUT2D eigenvalue weighted by molar-refractivity contribution is -0.121. The average molecular weight is 377 g/mol. The molecule has 0 spiro atoms. The SMILES string of the molecule is Cc1occc1C(=O)N(CCC(=O)NCc1ccncc1)Cc1ccccc1. The van der Waals surface area contributed by atoms with Gasteiger partial charge in [0.15, 0.2) is 0 Å². The van der Waals surface area contributed by atoms with Gasteiger partial charge in [0.25, 0.3) is 5.91 Å². The van der Waals surface area contributed by atoms with E-state index < -0.39 is 0 Å². The van der Waals surface area contributed by atoms with Gasteiger partial charge in [-0.15, -0.1) is 0 Å². The van der Waals surface area contributed by atoms with Gasteiger partial charge < -0.3 is 14.6 Å². The van der Waals surface area contributed by atoms with Crippen molar-refractivity contribution in [3.05, 3.63) is 89.6 Å². The van der Waals surface area contributed by atoms with E-state index in [4.69, 9.17) is 4.42 Å². The number of aryl methyl sites for hydroxylation is 1. The van der Waals surface area contributed by atoms with Crippen LogP contribution in [0.4, 0.5) is 0 Å². The lowest BCUT2D eigenvalue weighted by Gasteiger charge is -2.22. The van der Waals surface area contributed by atoms with Crippen molar-refractivity contribution in [2.75, 3.05) is 6.54 Å². The Labute approximate surface area is 164 Å². The number of furan rings is 1. The molecule has 1 N–H and O–H groups in total. The average Bonchev–Trinajstić information content (AvgIpc) is 3.16. The highest BCUT2D eigenvalue weighted by Crippen LogP contribution is 2.15. The van der Waals surface area contributed by atoms with Crippen LogP contribution in [0.3, 0.4) is 0 Å². The van der Waals surface area contributed by atoms with Crippen molar-refractivity contribution < 1.29 is 14.0 Å². The molecule has 0 bridgehead atoms. The predicted octanol–water partition coefficient (Wildman–Crippen LogP) is 3.33. The summed E-state index contributed by atoms with van der Waals surface area (Å²) in [5.41, 5.74) is 2.51. The molecule has 0 aliphatic rings. The molecule has 0 radical (unpaired) electrons. The van der Waals surface area contributed by atoms with Crippen LogP contribution in [0.5, 0.6) is 0 Å². The number of carbonyl (C=O) groups is 2. The summed E-state index contributed by atoms with van der Waals surface area (Å²) in [4.78, 5) is 30.9. The van der Waals surface area contributed by atoms with E-state index in [2.05, 4.69) is 10.3 Å². The third-order valence-corrected chi connectivity index (χ3v) is 4.44. The largest absolute Gasteiger partial charge is 0.469 e. The molecule has 144 valence electrons. The van der Waals surface area contributed by atoms with E-state index in [1.165, 1.54) is 6.26 Å². The third-order valence-electron chi connectivity index (χ3n) is 4.44. The first-order valence-corrected chi connectivity index (χ1v) is 9.16. The van der Waals surface area contributed by atoms with E-state index in [1.54, 1.807) is 30.3 Å². The zero-order chi connectivity index (χ0) is 19.8. The minimum Gasteiger partial charge on any atom is -0.469 e. The second-order valence-electron chi connectivity index (χ2n) is 6.48. The summed E-state index contributed by atoms with van der Waals surface area (Å²) >= 11 is 0. The molecule has 0 saturated heterocycles. The molecule has 0 fully saturated rings. The fourth-order valence-corrected chi connectivity index (χ4v) is 2.86. The predicted molar refractivity (Wildman–Crippen MR) is 105 cm³/mol. The fourth-order valence-electron chi connectivity index (χ4n) is 2.86. The third kappa shape index (κ3) is 5.30. The van der Waals surface area contributed by atoms with Crippen molar-refractivity contribution >= 4 is 11.8 Å². The van der Waals surface area contributed by atoms with Crippen LogP contribution in [0.25, 0.3) is 0 Å². The van der Waals surface area contributed by atoms with Crippen LogP contribution in [0.15, 0.2) is 71.6 Å². The molecule has 1 aromatic carbocycles. The van der Waals surface area contributed by atoms with Crippen molar-refractivity contribution in [1.82, 2.24) is 15.2 Å². The number of benzene rings is 1. The Kier molecular flexibility index (Phi) is 6.57. The van der Waals surface area contributed by atoms with Gasteiger partial charge in [0.05, 0.1) is 11.8 Å². The van der Waals surface area contributed by atoms with Gasteiger partial charge in [-0.3, -0.25) is 14.6 Å². The molecule has 0 saturated carbocycles. The van der Waals surface area contributed by atoms with Gasteiger partial charge in [-0.1, -0.05) is 30.3 Å². The van der Waals surface area contributed by atoms with Crippen LogP contribution in [0, 0.1) is 6.92 Å². The summed E-state index contributed by atoms with van der Waals surface area (Å²) in [5.74, 6) is 0.328. The minimum atomic E-state index is -0.142. The Balaban J connectivity index is 1.62. The highest BCUT2D eigenvalue weighted by Gasteiger charge is 2.20. The van der Waals surface area contributed by atoms with Gasteiger partial charge >= 0.3 is 0 Å². The van der Waals surface area contributed by atoms with Gasteiger partial charge in [0, 0.05) is 38.4 Å². The van der Waals surface area contributed by atoms with E-state index in [0.29, 0.717) is 31.0 Å². The minimum absolute atomic E-state index is 0.105. The van der Waals surface area contributed by atoms with Crippen LogP contribution in [0.2, 0.25) is 0 Å². The van der Waals surface area contributed by atoms with E-state index in [-0.39, 0.29) is 18.2 Å². The number of hydrogen-bond acceptors (Lipinski definition) is 4. The van der Waals surface area contributed by atoms with Crippen molar-refractivity contribution in [3.63, 3.8) is 0 Å². The van der Waals surface area contributed by atoms with E-state index in [9.17, 15) is 9.59 Å². The summed E-state index contributed by atoms with van der Waals surface area (Å²) < 4.78 is 5.27. The summed E-state index contributed by atoms with van der Waals surface area (Å²) in [6, 6.07) is 15.1. The van der Waals surface area contributed by atoms with Gasteiger partial charge in [-0.25, -0.2) is 0 Å². The summed E-state index contributed by atoms with van der Waals surface area (Å²) in [7, 11) is 0. The number of nitrogens with zero attached hydrogens (tertiary/aromatic N) is 2. The van der Waals surface area contributed by atoms with Crippen molar-refractivity contribution in [2.45, 2.75) is 26.4 Å². The molecule has 2 aromatic heterocycles. The molecular weight excluding hydrogens is 354 g/mol. The van der Waals surface area contributed by atoms with E-state index in [0.717, 1.165) is 11.1 Å². The van der Waals surface area contributed by atoms with Crippen LogP contribution in [-0.4, -0.2) is 28.2 Å².